The first-order valence-corrected chi connectivity index (χ1v) is 7.34. The highest BCUT2D eigenvalue weighted by atomic mass is 16.5. The maximum atomic E-state index is 11.4. The SMILES string of the molecule is CCNCc1c(OC(CC)C(N)=O)ccc2ccccc12. The van der Waals surface area contributed by atoms with E-state index in [-0.39, 0.29) is 0 Å². The summed E-state index contributed by atoms with van der Waals surface area (Å²) in [5.41, 5.74) is 6.44. The Morgan fingerprint density at radius 3 is 2.67 bits per heavy atom. The van der Waals surface area contributed by atoms with E-state index in [1.165, 1.54) is 0 Å². The predicted octanol–water partition coefficient (Wildman–Crippen LogP) is 2.59. The van der Waals surface area contributed by atoms with Crippen molar-refractivity contribution >= 4 is 16.7 Å². The Hall–Kier alpha value is -2.07. The van der Waals surface area contributed by atoms with Gasteiger partial charge in [-0.15, -0.1) is 0 Å². The molecule has 0 aromatic heterocycles. The van der Waals surface area contributed by atoms with Gasteiger partial charge in [-0.25, -0.2) is 0 Å². The third kappa shape index (κ3) is 3.52. The number of nitrogens with two attached hydrogens (primary N) is 1. The summed E-state index contributed by atoms with van der Waals surface area (Å²) in [5, 5.41) is 5.61. The van der Waals surface area contributed by atoms with E-state index < -0.39 is 12.0 Å². The molecule has 4 heteroatoms. The fourth-order valence-corrected chi connectivity index (χ4v) is 2.35. The van der Waals surface area contributed by atoms with Gasteiger partial charge in [0.25, 0.3) is 5.91 Å². The van der Waals surface area contributed by atoms with Gasteiger partial charge < -0.3 is 15.8 Å². The molecule has 0 aliphatic rings. The zero-order valence-corrected chi connectivity index (χ0v) is 12.6. The van der Waals surface area contributed by atoms with Crippen molar-refractivity contribution in [2.75, 3.05) is 6.54 Å². The molecule has 2 aromatic rings. The Balaban J connectivity index is 2.43. The summed E-state index contributed by atoms with van der Waals surface area (Å²) in [4.78, 5) is 11.4. The largest absolute Gasteiger partial charge is 0.480 e. The van der Waals surface area contributed by atoms with Gasteiger partial charge in [0, 0.05) is 12.1 Å². The van der Waals surface area contributed by atoms with E-state index in [2.05, 4.69) is 24.4 Å². The van der Waals surface area contributed by atoms with Gasteiger partial charge in [-0.3, -0.25) is 4.79 Å². The van der Waals surface area contributed by atoms with Crippen molar-refractivity contribution in [1.29, 1.82) is 0 Å². The molecule has 0 saturated carbocycles. The third-order valence-corrected chi connectivity index (χ3v) is 3.51. The molecule has 21 heavy (non-hydrogen) atoms. The molecule has 0 saturated heterocycles. The van der Waals surface area contributed by atoms with E-state index in [9.17, 15) is 4.79 Å². The number of carbonyl (C=O) groups excluding carboxylic acids is 1. The molecule has 1 unspecified atom stereocenters. The highest BCUT2D eigenvalue weighted by Crippen LogP contribution is 2.29. The summed E-state index contributed by atoms with van der Waals surface area (Å²) in [5.74, 6) is 0.292. The van der Waals surface area contributed by atoms with E-state index in [0.29, 0.717) is 13.0 Å². The standard InChI is InChI=1S/C17H22N2O2/c1-3-15(17(18)20)21-16-10-9-12-7-5-6-8-13(12)14(16)11-19-4-2/h5-10,15,19H,3-4,11H2,1-2H3,(H2,18,20). The van der Waals surface area contributed by atoms with Crippen LogP contribution in [0.4, 0.5) is 0 Å². The highest BCUT2D eigenvalue weighted by Gasteiger charge is 2.17. The van der Waals surface area contributed by atoms with Crippen LogP contribution in [0.5, 0.6) is 5.75 Å². The number of hydrogen-bond acceptors (Lipinski definition) is 3. The first-order chi connectivity index (χ1) is 10.2. The van der Waals surface area contributed by atoms with E-state index in [4.69, 9.17) is 10.5 Å². The molecule has 0 aliphatic heterocycles. The van der Waals surface area contributed by atoms with Gasteiger partial charge in [-0.2, -0.15) is 0 Å². The van der Waals surface area contributed by atoms with E-state index in [1.54, 1.807) is 0 Å². The zero-order chi connectivity index (χ0) is 15.2. The summed E-state index contributed by atoms with van der Waals surface area (Å²) >= 11 is 0. The van der Waals surface area contributed by atoms with Crippen molar-refractivity contribution in [1.82, 2.24) is 5.32 Å². The van der Waals surface area contributed by atoms with Crippen molar-refractivity contribution in [3.8, 4) is 5.75 Å². The molecule has 112 valence electrons. The molecular formula is C17H22N2O2. The molecule has 0 radical (unpaired) electrons. The lowest BCUT2D eigenvalue weighted by atomic mass is 10.0. The second-order valence-electron chi connectivity index (χ2n) is 4.96. The van der Waals surface area contributed by atoms with Crippen LogP contribution in [0.2, 0.25) is 0 Å². The summed E-state index contributed by atoms with van der Waals surface area (Å²) < 4.78 is 5.85. The van der Waals surface area contributed by atoms with Crippen molar-refractivity contribution < 1.29 is 9.53 Å². The Morgan fingerprint density at radius 2 is 2.00 bits per heavy atom. The molecule has 0 spiro atoms. The van der Waals surface area contributed by atoms with Crippen LogP contribution in [-0.4, -0.2) is 18.6 Å². The fraction of sp³-hybridized carbons (Fsp3) is 0.353. The van der Waals surface area contributed by atoms with Gasteiger partial charge in [0.1, 0.15) is 5.75 Å². The van der Waals surface area contributed by atoms with Crippen LogP contribution in [-0.2, 0) is 11.3 Å². The minimum absolute atomic E-state index is 0.431. The Bertz CT molecular complexity index is 625. The number of ether oxygens (including phenoxy) is 1. The first kappa shape index (κ1) is 15.3. The zero-order valence-electron chi connectivity index (χ0n) is 12.6. The maximum Gasteiger partial charge on any atom is 0.258 e. The van der Waals surface area contributed by atoms with Crippen LogP contribution < -0.4 is 15.8 Å². The van der Waals surface area contributed by atoms with Gasteiger partial charge in [0.2, 0.25) is 0 Å². The van der Waals surface area contributed by atoms with Crippen molar-refractivity contribution in [2.45, 2.75) is 32.9 Å². The van der Waals surface area contributed by atoms with E-state index in [0.717, 1.165) is 28.6 Å². The van der Waals surface area contributed by atoms with Crippen molar-refractivity contribution in [3.63, 3.8) is 0 Å². The molecule has 0 bridgehead atoms. The number of amides is 1. The van der Waals surface area contributed by atoms with Gasteiger partial charge in [-0.1, -0.05) is 44.2 Å². The van der Waals surface area contributed by atoms with Crippen molar-refractivity contribution in [2.24, 2.45) is 5.73 Å². The van der Waals surface area contributed by atoms with Crippen LogP contribution in [0, 0.1) is 0 Å². The number of benzene rings is 2. The monoisotopic (exact) mass is 286 g/mol. The topological polar surface area (TPSA) is 64.3 Å². The number of fused-ring (bicyclic) bond motifs is 1. The molecule has 1 atom stereocenters. The molecular weight excluding hydrogens is 264 g/mol. The van der Waals surface area contributed by atoms with E-state index >= 15 is 0 Å². The number of nitrogens with one attached hydrogen (secondary N) is 1. The molecule has 2 rings (SSSR count). The molecule has 1 amide bonds. The number of hydrogen-bond donors (Lipinski definition) is 2. The summed E-state index contributed by atoms with van der Waals surface area (Å²) in [6.07, 6.45) is -0.0328. The third-order valence-electron chi connectivity index (χ3n) is 3.51. The summed E-state index contributed by atoms with van der Waals surface area (Å²) in [6.45, 7) is 5.52. The summed E-state index contributed by atoms with van der Waals surface area (Å²) in [7, 11) is 0. The smallest absolute Gasteiger partial charge is 0.258 e. The molecule has 4 nitrogen and oxygen atoms in total. The lowest BCUT2D eigenvalue weighted by molar-refractivity contribution is -0.124. The maximum absolute atomic E-state index is 11.4. The molecule has 0 aliphatic carbocycles. The van der Waals surface area contributed by atoms with Crippen LogP contribution >= 0.6 is 0 Å². The Kier molecular flexibility index (Phi) is 5.17. The average molecular weight is 286 g/mol. The van der Waals surface area contributed by atoms with E-state index in [1.807, 2.05) is 31.2 Å². The highest BCUT2D eigenvalue weighted by molar-refractivity contribution is 5.88. The second kappa shape index (κ2) is 7.09. The van der Waals surface area contributed by atoms with Crippen molar-refractivity contribution in [3.05, 3.63) is 42.0 Å². The van der Waals surface area contributed by atoms with Gasteiger partial charge in [0.05, 0.1) is 0 Å². The number of carbonyl (C=O) groups is 1. The van der Waals surface area contributed by atoms with Gasteiger partial charge >= 0.3 is 0 Å². The van der Waals surface area contributed by atoms with Crippen LogP contribution in [0.3, 0.4) is 0 Å². The van der Waals surface area contributed by atoms with Gasteiger partial charge in [0.15, 0.2) is 6.10 Å². The van der Waals surface area contributed by atoms with Crippen LogP contribution in [0.25, 0.3) is 10.8 Å². The minimum atomic E-state index is -0.591. The van der Waals surface area contributed by atoms with Crippen LogP contribution in [0.1, 0.15) is 25.8 Å². The normalized spacial score (nSPS) is 12.3. The second-order valence-corrected chi connectivity index (χ2v) is 4.96. The van der Waals surface area contributed by atoms with Gasteiger partial charge in [-0.05, 0) is 29.8 Å². The predicted molar refractivity (Wildman–Crippen MR) is 85.2 cm³/mol. The quantitative estimate of drug-likeness (QED) is 0.822. The molecule has 0 heterocycles. The lowest BCUT2D eigenvalue weighted by Gasteiger charge is -2.19. The minimum Gasteiger partial charge on any atom is -0.480 e. The number of primary amides is 1. The summed E-state index contributed by atoms with van der Waals surface area (Å²) in [6, 6.07) is 12.1. The fourth-order valence-electron chi connectivity index (χ4n) is 2.35. The molecule has 2 aromatic carbocycles. The molecule has 0 fully saturated rings. The number of rotatable bonds is 7. The lowest BCUT2D eigenvalue weighted by Crippen LogP contribution is -2.33. The van der Waals surface area contributed by atoms with Crippen LogP contribution in [0.15, 0.2) is 36.4 Å². The first-order valence-electron chi connectivity index (χ1n) is 7.34. The Labute approximate surface area is 125 Å². The average Bonchev–Trinajstić information content (AvgIpc) is 2.50. The Morgan fingerprint density at radius 1 is 1.24 bits per heavy atom. The molecule has 3 N–H and O–H groups in total.